The van der Waals surface area contributed by atoms with E-state index in [9.17, 15) is 14.9 Å². The van der Waals surface area contributed by atoms with Crippen molar-refractivity contribution in [2.24, 2.45) is 5.73 Å². The number of non-ortho nitro benzene ring substituents is 1. The molecule has 0 aliphatic rings. The Morgan fingerprint density at radius 2 is 2.28 bits per heavy atom. The van der Waals surface area contributed by atoms with E-state index in [2.05, 4.69) is 15.9 Å². The van der Waals surface area contributed by atoms with E-state index in [1.54, 1.807) is 6.07 Å². The lowest BCUT2D eigenvalue weighted by molar-refractivity contribution is -0.384. The highest BCUT2D eigenvalue weighted by atomic mass is 79.9. The predicted octanol–water partition coefficient (Wildman–Crippen LogP) is 2.00. The smallest absolute Gasteiger partial charge is 0.321 e. The molecule has 0 heterocycles. The van der Waals surface area contributed by atoms with Crippen LogP contribution in [-0.2, 0) is 10.5 Å². The minimum Gasteiger partial charge on any atom is -0.480 e. The monoisotopic (exact) mass is 334 g/mol. The number of nitro benzene ring substituents is 1. The van der Waals surface area contributed by atoms with E-state index in [1.165, 1.54) is 23.9 Å². The molecule has 0 radical (unpaired) electrons. The van der Waals surface area contributed by atoms with Crippen LogP contribution in [0.2, 0.25) is 0 Å². The molecule has 0 aliphatic heterocycles. The number of nitro groups is 1. The van der Waals surface area contributed by atoms with Crippen LogP contribution in [0, 0.1) is 10.1 Å². The summed E-state index contributed by atoms with van der Waals surface area (Å²) in [5.74, 6) is -0.205. The highest BCUT2D eigenvalue weighted by Crippen LogP contribution is 2.26. The first kappa shape index (κ1) is 14.9. The van der Waals surface area contributed by atoms with Gasteiger partial charge in [0.1, 0.15) is 6.04 Å². The van der Waals surface area contributed by atoms with Gasteiger partial charge in [0.25, 0.3) is 5.69 Å². The molecule has 0 saturated carbocycles. The van der Waals surface area contributed by atoms with E-state index in [0.717, 1.165) is 5.56 Å². The van der Waals surface area contributed by atoms with E-state index in [1.807, 2.05) is 0 Å². The van der Waals surface area contributed by atoms with Gasteiger partial charge in [0.15, 0.2) is 0 Å². The molecule has 0 saturated heterocycles. The summed E-state index contributed by atoms with van der Waals surface area (Å²) in [5, 5.41) is 19.1. The number of thioether (sulfide) groups is 1. The molecule has 0 bridgehead atoms. The maximum Gasteiger partial charge on any atom is 0.321 e. The summed E-state index contributed by atoms with van der Waals surface area (Å²) >= 11 is 4.61. The van der Waals surface area contributed by atoms with Gasteiger partial charge in [-0.15, -0.1) is 0 Å². The number of benzene rings is 1. The topological polar surface area (TPSA) is 106 Å². The van der Waals surface area contributed by atoms with E-state index >= 15 is 0 Å². The van der Waals surface area contributed by atoms with Crippen LogP contribution in [0.1, 0.15) is 5.56 Å². The second kappa shape index (κ2) is 6.72. The van der Waals surface area contributed by atoms with Crippen LogP contribution < -0.4 is 5.73 Å². The molecule has 1 aromatic rings. The molecule has 3 N–H and O–H groups in total. The van der Waals surface area contributed by atoms with Gasteiger partial charge in [-0.25, -0.2) is 0 Å². The normalized spacial score (nSPS) is 12.1. The molecule has 1 aromatic carbocycles. The predicted molar refractivity (Wildman–Crippen MR) is 72.6 cm³/mol. The minimum absolute atomic E-state index is 0.0119. The number of aliphatic carboxylic acids is 1. The van der Waals surface area contributed by atoms with Crippen molar-refractivity contribution in [2.45, 2.75) is 11.8 Å². The van der Waals surface area contributed by atoms with Crippen LogP contribution in [0.5, 0.6) is 0 Å². The summed E-state index contributed by atoms with van der Waals surface area (Å²) in [6, 6.07) is 3.58. The number of rotatable bonds is 6. The number of carboxylic acid groups (broad SMARTS) is 1. The zero-order valence-corrected chi connectivity index (χ0v) is 11.6. The van der Waals surface area contributed by atoms with Crippen molar-refractivity contribution in [3.8, 4) is 0 Å². The standard InChI is InChI=1S/C10H11BrN2O4S/c11-8-3-7(13(16)17)2-1-6(8)4-18-5-9(12)10(14)15/h1-3,9H,4-5,12H2,(H,14,15). The number of carbonyl (C=O) groups is 1. The molecule has 1 rings (SSSR count). The molecule has 0 aliphatic carbocycles. The highest BCUT2D eigenvalue weighted by Gasteiger charge is 2.12. The second-order valence-corrected chi connectivity index (χ2v) is 5.38. The maximum absolute atomic E-state index is 10.5. The first-order chi connectivity index (χ1) is 8.41. The summed E-state index contributed by atoms with van der Waals surface area (Å²) in [6.45, 7) is 0. The Labute approximate surface area is 116 Å². The van der Waals surface area contributed by atoms with Gasteiger partial charge in [-0.2, -0.15) is 11.8 Å². The van der Waals surface area contributed by atoms with Crippen LogP contribution in [-0.4, -0.2) is 27.8 Å². The quantitative estimate of drug-likeness (QED) is 0.608. The van der Waals surface area contributed by atoms with E-state index < -0.39 is 16.9 Å². The summed E-state index contributed by atoms with van der Waals surface area (Å²) in [5.41, 5.74) is 6.24. The van der Waals surface area contributed by atoms with E-state index in [-0.39, 0.29) is 5.69 Å². The van der Waals surface area contributed by atoms with Gasteiger partial charge in [-0.05, 0) is 5.56 Å². The van der Waals surface area contributed by atoms with Crippen molar-refractivity contribution < 1.29 is 14.8 Å². The van der Waals surface area contributed by atoms with Crippen LogP contribution in [0.3, 0.4) is 0 Å². The molecule has 0 aromatic heterocycles. The Kier molecular flexibility index (Phi) is 5.57. The van der Waals surface area contributed by atoms with Crippen molar-refractivity contribution in [3.05, 3.63) is 38.3 Å². The molecule has 98 valence electrons. The van der Waals surface area contributed by atoms with Gasteiger partial charge < -0.3 is 10.8 Å². The lowest BCUT2D eigenvalue weighted by Crippen LogP contribution is -2.32. The van der Waals surface area contributed by atoms with Crippen LogP contribution in [0.4, 0.5) is 5.69 Å². The van der Waals surface area contributed by atoms with Gasteiger partial charge in [0.2, 0.25) is 0 Å². The van der Waals surface area contributed by atoms with Crippen LogP contribution in [0.15, 0.2) is 22.7 Å². The van der Waals surface area contributed by atoms with Crippen LogP contribution >= 0.6 is 27.7 Å². The lowest BCUT2D eigenvalue weighted by atomic mass is 10.2. The Bertz CT molecular complexity index is 469. The minimum atomic E-state index is -1.04. The highest BCUT2D eigenvalue weighted by molar-refractivity contribution is 9.10. The largest absolute Gasteiger partial charge is 0.480 e. The SMILES string of the molecule is NC(CSCc1ccc([N+](=O)[O-])cc1Br)C(=O)O. The number of carboxylic acids is 1. The Hall–Kier alpha value is -1.12. The average molecular weight is 335 g/mol. The second-order valence-electron chi connectivity index (χ2n) is 3.49. The molecular formula is C10H11BrN2O4S. The summed E-state index contributed by atoms with van der Waals surface area (Å²) < 4.78 is 0.632. The van der Waals surface area contributed by atoms with Crippen molar-refractivity contribution in [2.75, 3.05) is 5.75 Å². The van der Waals surface area contributed by atoms with E-state index in [4.69, 9.17) is 10.8 Å². The van der Waals surface area contributed by atoms with Gasteiger partial charge in [0, 0.05) is 28.1 Å². The third kappa shape index (κ3) is 4.28. The summed E-state index contributed by atoms with van der Waals surface area (Å²) in [4.78, 5) is 20.6. The fourth-order valence-corrected chi connectivity index (χ4v) is 2.81. The molecule has 8 heteroatoms. The Balaban J connectivity index is 2.58. The molecule has 0 spiro atoms. The number of nitrogens with zero attached hydrogens (tertiary/aromatic N) is 1. The fraction of sp³-hybridized carbons (Fsp3) is 0.300. The Morgan fingerprint density at radius 1 is 1.61 bits per heavy atom. The molecule has 18 heavy (non-hydrogen) atoms. The first-order valence-corrected chi connectivity index (χ1v) is 6.85. The molecule has 1 atom stereocenters. The van der Waals surface area contributed by atoms with Crippen molar-refractivity contribution in [1.82, 2.24) is 0 Å². The number of hydrogen-bond acceptors (Lipinski definition) is 5. The van der Waals surface area contributed by atoms with Crippen LogP contribution in [0.25, 0.3) is 0 Å². The average Bonchev–Trinajstić information content (AvgIpc) is 2.30. The zero-order chi connectivity index (χ0) is 13.7. The Morgan fingerprint density at radius 3 is 2.78 bits per heavy atom. The van der Waals surface area contributed by atoms with E-state index in [0.29, 0.717) is 16.0 Å². The summed E-state index contributed by atoms with van der Waals surface area (Å²) in [7, 11) is 0. The third-order valence-corrected chi connectivity index (χ3v) is 3.97. The fourth-order valence-electron chi connectivity index (χ4n) is 1.13. The number of halogens is 1. The van der Waals surface area contributed by atoms with Gasteiger partial charge in [-0.1, -0.05) is 22.0 Å². The zero-order valence-electron chi connectivity index (χ0n) is 9.21. The van der Waals surface area contributed by atoms with Crippen molar-refractivity contribution >= 4 is 39.3 Å². The molecule has 0 fully saturated rings. The lowest BCUT2D eigenvalue weighted by Gasteiger charge is -2.07. The van der Waals surface area contributed by atoms with Crippen molar-refractivity contribution in [3.63, 3.8) is 0 Å². The third-order valence-electron chi connectivity index (χ3n) is 2.12. The molecular weight excluding hydrogens is 324 g/mol. The van der Waals surface area contributed by atoms with Gasteiger partial charge >= 0.3 is 5.97 Å². The number of hydrogen-bond donors (Lipinski definition) is 2. The van der Waals surface area contributed by atoms with Gasteiger partial charge in [0.05, 0.1) is 4.92 Å². The molecule has 6 nitrogen and oxygen atoms in total. The first-order valence-electron chi connectivity index (χ1n) is 4.90. The summed E-state index contributed by atoms with van der Waals surface area (Å²) in [6.07, 6.45) is 0. The number of nitrogens with two attached hydrogens (primary N) is 1. The molecule has 1 unspecified atom stereocenters. The van der Waals surface area contributed by atoms with Crippen molar-refractivity contribution in [1.29, 1.82) is 0 Å². The van der Waals surface area contributed by atoms with Gasteiger partial charge in [-0.3, -0.25) is 14.9 Å². The maximum atomic E-state index is 10.5. The molecule has 0 amide bonds.